The summed E-state index contributed by atoms with van der Waals surface area (Å²) in [5, 5.41) is 3.82. The zero-order chi connectivity index (χ0) is 17.9. The van der Waals surface area contributed by atoms with Crippen LogP contribution < -0.4 is 5.69 Å². The summed E-state index contributed by atoms with van der Waals surface area (Å²) in [6.07, 6.45) is -2.09. The van der Waals surface area contributed by atoms with Crippen LogP contribution in [0.1, 0.15) is 24.8 Å². The summed E-state index contributed by atoms with van der Waals surface area (Å²) in [5.74, 6) is 0.996. The van der Waals surface area contributed by atoms with E-state index < -0.39 is 12.7 Å². The zero-order valence-corrected chi connectivity index (χ0v) is 13.9. The summed E-state index contributed by atoms with van der Waals surface area (Å²) in [4.78, 5) is 13.7. The van der Waals surface area contributed by atoms with Gasteiger partial charge in [-0.05, 0) is 26.8 Å². The Morgan fingerprint density at radius 3 is 2.58 bits per heavy atom. The van der Waals surface area contributed by atoms with E-state index in [1.165, 1.54) is 14.0 Å². The van der Waals surface area contributed by atoms with Gasteiger partial charge in [-0.2, -0.15) is 13.2 Å². The molecule has 0 aliphatic rings. The number of rotatable bonds is 7. The van der Waals surface area contributed by atoms with E-state index in [0.717, 1.165) is 0 Å². The standard InChI is InChI=1S/C15H21F3N4O2/c1-4-20(10-15(16,17)18)6-5-7-21-9-11(2)22(14(21)23)13-8-12(3)24-19-13/h8-9H,4-7,10H2,1-3H3. The van der Waals surface area contributed by atoms with Gasteiger partial charge in [-0.25, -0.2) is 9.36 Å². The molecule has 0 saturated heterocycles. The van der Waals surface area contributed by atoms with Gasteiger partial charge in [0.1, 0.15) is 5.76 Å². The van der Waals surface area contributed by atoms with Crippen molar-refractivity contribution in [2.75, 3.05) is 19.6 Å². The Hall–Kier alpha value is -2.03. The third-order valence-electron chi connectivity index (χ3n) is 3.70. The minimum absolute atomic E-state index is 0.274. The SMILES string of the molecule is CCN(CCCn1cc(C)n(-c2cc(C)on2)c1=O)CC(F)(F)F. The summed E-state index contributed by atoms with van der Waals surface area (Å²) >= 11 is 0. The fourth-order valence-electron chi connectivity index (χ4n) is 2.58. The third-order valence-corrected chi connectivity index (χ3v) is 3.70. The maximum Gasteiger partial charge on any atom is 0.401 e. The molecule has 0 amide bonds. The molecule has 0 saturated carbocycles. The molecule has 2 aromatic heterocycles. The van der Waals surface area contributed by atoms with Crippen molar-refractivity contribution < 1.29 is 17.7 Å². The normalized spacial score (nSPS) is 12.3. The van der Waals surface area contributed by atoms with Crippen molar-refractivity contribution in [3.05, 3.63) is 34.2 Å². The molecule has 2 rings (SSSR count). The van der Waals surface area contributed by atoms with Gasteiger partial charge in [0.15, 0.2) is 5.82 Å². The molecule has 0 unspecified atom stereocenters. The van der Waals surface area contributed by atoms with Crippen LogP contribution in [0.5, 0.6) is 0 Å². The fourth-order valence-corrected chi connectivity index (χ4v) is 2.58. The van der Waals surface area contributed by atoms with Crippen LogP contribution in [-0.2, 0) is 6.54 Å². The number of halogens is 3. The summed E-state index contributed by atoms with van der Waals surface area (Å²) in [6, 6.07) is 1.65. The highest BCUT2D eigenvalue weighted by molar-refractivity contribution is 5.24. The summed E-state index contributed by atoms with van der Waals surface area (Å²) in [6.45, 7) is 5.18. The lowest BCUT2D eigenvalue weighted by molar-refractivity contribution is -0.145. The molecule has 0 radical (unpaired) electrons. The molecular weight excluding hydrogens is 325 g/mol. The number of hydrogen-bond acceptors (Lipinski definition) is 4. The summed E-state index contributed by atoms with van der Waals surface area (Å²) in [5.41, 5.74) is 0.413. The highest BCUT2D eigenvalue weighted by Gasteiger charge is 2.29. The molecular formula is C15H21F3N4O2. The van der Waals surface area contributed by atoms with Gasteiger partial charge in [-0.15, -0.1) is 0 Å². The molecule has 2 heterocycles. The largest absolute Gasteiger partial charge is 0.401 e. The van der Waals surface area contributed by atoms with E-state index in [1.807, 2.05) is 0 Å². The fraction of sp³-hybridized carbons (Fsp3) is 0.600. The first-order valence-electron chi connectivity index (χ1n) is 7.73. The maximum atomic E-state index is 12.4. The van der Waals surface area contributed by atoms with Gasteiger partial charge in [0, 0.05) is 31.0 Å². The Morgan fingerprint density at radius 2 is 2.04 bits per heavy atom. The molecule has 0 bridgehead atoms. The van der Waals surface area contributed by atoms with E-state index in [9.17, 15) is 18.0 Å². The highest BCUT2D eigenvalue weighted by atomic mass is 19.4. The molecule has 0 aromatic carbocycles. The smallest absolute Gasteiger partial charge is 0.360 e. The lowest BCUT2D eigenvalue weighted by Crippen LogP contribution is -2.35. The number of hydrogen-bond donors (Lipinski definition) is 0. The Morgan fingerprint density at radius 1 is 1.33 bits per heavy atom. The molecule has 2 aromatic rings. The van der Waals surface area contributed by atoms with Crippen LogP contribution in [0.4, 0.5) is 13.2 Å². The van der Waals surface area contributed by atoms with E-state index in [-0.39, 0.29) is 12.2 Å². The molecule has 0 atom stereocenters. The van der Waals surface area contributed by atoms with Crippen molar-refractivity contribution >= 4 is 0 Å². The maximum absolute atomic E-state index is 12.4. The first-order valence-corrected chi connectivity index (χ1v) is 7.73. The molecule has 0 N–H and O–H groups in total. The van der Waals surface area contributed by atoms with E-state index in [1.54, 1.807) is 33.0 Å². The van der Waals surface area contributed by atoms with E-state index in [4.69, 9.17) is 4.52 Å². The van der Waals surface area contributed by atoms with Crippen LogP contribution in [0.2, 0.25) is 0 Å². The summed E-state index contributed by atoms with van der Waals surface area (Å²) in [7, 11) is 0. The number of aryl methyl sites for hydroxylation is 3. The van der Waals surface area contributed by atoms with Gasteiger partial charge < -0.3 is 4.52 Å². The molecule has 9 heteroatoms. The Balaban J connectivity index is 2.03. The first-order chi connectivity index (χ1) is 11.2. The van der Waals surface area contributed by atoms with E-state index >= 15 is 0 Å². The van der Waals surface area contributed by atoms with Gasteiger partial charge >= 0.3 is 11.9 Å². The van der Waals surface area contributed by atoms with Crippen LogP contribution in [-0.4, -0.2) is 45.0 Å². The highest BCUT2D eigenvalue weighted by Crippen LogP contribution is 2.16. The van der Waals surface area contributed by atoms with Crippen LogP contribution in [0.3, 0.4) is 0 Å². The first kappa shape index (κ1) is 18.3. The Kier molecular flexibility index (Phi) is 5.53. The molecule has 0 fully saturated rings. The van der Waals surface area contributed by atoms with Crippen molar-refractivity contribution in [3.63, 3.8) is 0 Å². The number of nitrogens with zero attached hydrogens (tertiary/aromatic N) is 4. The van der Waals surface area contributed by atoms with Gasteiger partial charge in [-0.3, -0.25) is 9.47 Å². The van der Waals surface area contributed by atoms with Crippen LogP contribution >= 0.6 is 0 Å². The summed E-state index contributed by atoms with van der Waals surface area (Å²) < 4.78 is 45.2. The monoisotopic (exact) mass is 346 g/mol. The topological polar surface area (TPSA) is 56.2 Å². The predicted octanol–water partition coefficient (Wildman–Crippen LogP) is 2.52. The van der Waals surface area contributed by atoms with Gasteiger partial charge in [-0.1, -0.05) is 12.1 Å². The second-order valence-corrected chi connectivity index (χ2v) is 5.72. The van der Waals surface area contributed by atoms with E-state index in [0.29, 0.717) is 36.8 Å². The van der Waals surface area contributed by atoms with Crippen LogP contribution in [0.15, 0.2) is 21.6 Å². The Labute approximate surface area is 137 Å². The zero-order valence-electron chi connectivity index (χ0n) is 13.9. The second kappa shape index (κ2) is 7.25. The quantitative estimate of drug-likeness (QED) is 0.773. The van der Waals surface area contributed by atoms with Gasteiger partial charge in [0.05, 0.1) is 6.54 Å². The lowest BCUT2D eigenvalue weighted by atomic mass is 10.3. The van der Waals surface area contributed by atoms with Gasteiger partial charge in [0.2, 0.25) is 0 Å². The molecule has 24 heavy (non-hydrogen) atoms. The number of aromatic nitrogens is 3. The van der Waals surface area contributed by atoms with Crippen molar-refractivity contribution in [1.82, 2.24) is 19.2 Å². The van der Waals surface area contributed by atoms with Crippen molar-refractivity contribution in [1.29, 1.82) is 0 Å². The Bertz CT molecular complexity index is 730. The van der Waals surface area contributed by atoms with Gasteiger partial charge in [0.25, 0.3) is 0 Å². The van der Waals surface area contributed by atoms with Crippen molar-refractivity contribution in [2.45, 2.75) is 39.9 Å². The van der Waals surface area contributed by atoms with Crippen molar-refractivity contribution in [2.24, 2.45) is 0 Å². The second-order valence-electron chi connectivity index (χ2n) is 5.72. The molecule has 6 nitrogen and oxygen atoms in total. The van der Waals surface area contributed by atoms with Crippen molar-refractivity contribution in [3.8, 4) is 5.82 Å². The van der Waals surface area contributed by atoms with E-state index in [2.05, 4.69) is 5.16 Å². The predicted molar refractivity (Wildman–Crippen MR) is 82.4 cm³/mol. The minimum Gasteiger partial charge on any atom is -0.360 e. The average molecular weight is 346 g/mol. The molecule has 0 aliphatic heterocycles. The minimum atomic E-state index is -4.21. The van der Waals surface area contributed by atoms with Crippen LogP contribution in [0.25, 0.3) is 5.82 Å². The lowest BCUT2D eigenvalue weighted by Gasteiger charge is -2.21. The molecule has 0 aliphatic carbocycles. The number of alkyl halides is 3. The van der Waals surface area contributed by atoms with Crippen LogP contribution in [0, 0.1) is 13.8 Å². The third kappa shape index (κ3) is 4.50. The molecule has 0 spiro atoms. The average Bonchev–Trinajstić information content (AvgIpc) is 3.00. The molecule has 134 valence electrons. The number of imidazole rings is 1.